The van der Waals surface area contributed by atoms with Gasteiger partial charge >= 0.3 is 0 Å². The lowest BCUT2D eigenvalue weighted by atomic mass is 10.2. The quantitative estimate of drug-likeness (QED) is 0.919. The number of hydrogen-bond donors (Lipinski definition) is 1. The highest BCUT2D eigenvalue weighted by molar-refractivity contribution is 7.91. The van der Waals surface area contributed by atoms with Gasteiger partial charge in [0.2, 0.25) is 0 Å². The summed E-state index contributed by atoms with van der Waals surface area (Å²) in [5.41, 5.74) is 3.76. The molecule has 0 aliphatic carbocycles. The van der Waals surface area contributed by atoms with Crippen molar-refractivity contribution in [1.82, 2.24) is 4.98 Å². The predicted molar refractivity (Wildman–Crippen MR) is 83.1 cm³/mol. The monoisotopic (exact) mass is 310 g/mol. The molecular formula is C14H18N2O2S2. The number of rotatable bonds is 5. The van der Waals surface area contributed by atoms with E-state index in [9.17, 15) is 8.42 Å². The van der Waals surface area contributed by atoms with Crippen LogP contribution in [0.5, 0.6) is 0 Å². The van der Waals surface area contributed by atoms with Gasteiger partial charge in [0.05, 0.1) is 27.9 Å². The predicted octanol–water partition coefficient (Wildman–Crippen LogP) is 3.42. The van der Waals surface area contributed by atoms with E-state index in [2.05, 4.69) is 17.2 Å². The topological polar surface area (TPSA) is 59.1 Å². The number of benzene rings is 1. The highest BCUT2D eigenvalue weighted by atomic mass is 32.2. The third-order valence-corrected chi connectivity index (χ3v) is 6.02. The van der Waals surface area contributed by atoms with Crippen LogP contribution in [0.2, 0.25) is 0 Å². The Bertz CT molecular complexity index is 675. The maximum atomic E-state index is 11.7. The Morgan fingerprint density at radius 3 is 2.45 bits per heavy atom. The lowest BCUT2D eigenvalue weighted by Crippen LogP contribution is -2.07. The van der Waals surface area contributed by atoms with E-state index >= 15 is 0 Å². The fraction of sp³-hybridized carbons (Fsp3) is 0.357. The molecule has 20 heavy (non-hydrogen) atoms. The number of aromatic nitrogens is 1. The van der Waals surface area contributed by atoms with Crippen LogP contribution in [0.25, 0.3) is 0 Å². The first-order valence-electron chi connectivity index (χ1n) is 6.43. The molecule has 1 aromatic heterocycles. The molecule has 1 unspecified atom stereocenters. The molecule has 0 radical (unpaired) electrons. The van der Waals surface area contributed by atoms with Crippen LogP contribution < -0.4 is 5.32 Å². The fourth-order valence-electron chi connectivity index (χ4n) is 1.97. The minimum absolute atomic E-state index is 0.121. The zero-order valence-electron chi connectivity index (χ0n) is 11.8. The Morgan fingerprint density at radius 1 is 1.30 bits per heavy atom. The van der Waals surface area contributed by atoms with Crippen LogP contribution in [0, 0.1) is 6.92 Å². The summed E-state index contributed by atoms with van der Waals surface area (Å²) in [6, 6.07) is 7.04. The molecule has 0 spiro atoms. The minimum Gasteiger partial charge on any atom is -0.378 e. The van der Waals surface area contributed by atoms with E-state index in [4.69, 9.17) is 0 Å². The lowest BCUT2D eigenvalue weighted by Gasteiger charge is -2.14. The van der Waals surface area contributed by atoms with Gasteiger partial charge in [0.1, 0.15) is 0 Å². The van der Waals surface area contributed by atoms with E-state index in [-0.39, 0.29) is 11.8 Å². The standard InChI is InChI=1S/C14H18N2O2S2/c1-4-20(17,18)13-7-5-12(6-8-13)16-11(3)14-10(2)15-9-19-14/h5-9,11,16H,4H2,1-3H3. The van der Waals surface area contributed by atoms with Crippen molar-refractivity contribution in [1.29, 1.82) is 0 Å². The first kappa shape index (κ1) is 15.0. The summed E-state index contributed by atoms with van der Waals surface area (Å²) < 4.78 is 23.5. The SMILES string of the molecule is CCS(=O)(=O)c1ccc(NC(C)c2scnc2C)cc1. The molecule has 0 saturated carbocycles. The summed E-state index contributed by atoms with van der Waals surface area (Å²) >= 11 is 1.62. The van der Waals surface area contributed by atoms with E-state index in [1.807, 2.05) is 12.4 Å². The van der Waals surface area contributed by atoms with Gasteiger partial charge in [-0.1, -0.05) is 6.92 Å². The van der Waals surface area contributed by atoms with Gasteiger partial charge in [0, 0.05) is 10.6 Å². The first-order valence-corrected chi connectivity index (χ1v) is 8.96. The molecule has 2 aromatic rings. The zero-order valence-corrected chi connectivity index (χ0v) is 13.4. The average Bonchev–Trinajstić information content (AvgIpc) is 2.85. The number of hydrogen-bond acceptors (Lipinski definition) is 5. The van der Waals surface area contributed by atoms with E-state index in [1.165, 1.54) is 4.88 Å². The summed E-state index contributed by atoms with van der Waals surface area (Å²) in [4.78, 5) is 5.79. The Labute approximate surface area is 123 Å². The summed E-state index contributed by atoms with van der Waals surface area (Å²) in [6.45, 7) is 5.70. The van der Waals surface area contributed by atoms with Crippen molar-refractivity contribution >= 4 is 26.9 Å². The molecule has 1 atom stereocenters. The zero-order chi connectivity index (χ0) is 14.8. The van der Waals surface area contributed by atoms with Crippen molar-refractivity contribution in [2.75, 3.05) is 11.1 Å². The van der Waals surface area contributed by atoms with Crippen molar-refractivity contribution in [2.45, 2.75) is 31.7 Å². The van der Waals surface area contributed by atoms with Crippen LogP contribution in [0.1, 0.15) is 30.5 Å². The molecule has 1 aromatic carbocycles. The largest absolute Gasteiger partial charge is 0.378 e. The number of thiazole rings is 1. The Hall–Kier alpha value is -1.40. The van der Waals surface area contributed by atoms with Gasteiger partial charge in [-0.25, -0.2) is 13.4 Å². The van der Waals surface area contributed by atoms with Gasteiger partial charge in [-0.3, -0.25) is 0 Å². The number of aryl methyl sites for hydroxylation is 1. The molecule has 0 bridgehead atoms. The molecular weight excluding hydrogens is 292 g/mol. The molecule has 0 aliphatic rings. The van der Waals surface area contributed by atoms with Crippen LogP contribution in [0.4, 0.5) is 5.69 Å². The van der Waals surface area contributed by atoms with Crippen LogP contribution in [-0.4, -0.2) is 19.2 Å². The van der Waals surface area contributed by atoms with E-state index in [1.54, 1.807) is 42.5 Å². The molecule has 0 saturated heterocycles. The third kappa shape index (κ3) is 3.19. The van der Waals surface area contributed by atoms with Crippen molar-refractivity contribution in [3.63, 3.8) is 0 Å². The Morgan fingerprint density at radius 2 is 1.95 bits per heavy atom. The van der Waals surface area contributed by atoms with Crippen LogP contribution in [0.3, 0.4) is 0 Å². The Balaban J connectivity index is 2.14. The second kappa shape index (κ2) is 5.93. The van der Waals surface area contributed by atoms with Crippen LogP contribution in [-0.2, 0) is 9.84 Å². The Kier molecular flexibility index (Phi) is 4.45. The summed E-state index contributed by atoms with van der Waals surface area (Å²) in [7, 11) is -3.13. The smallest absolute Gasteiger partial charge is 0.178 e. The molecule has 6 heteroatoms. The van der Waals surface area contributed by atoms with Gasteiger partial charge < -0.3 is 5.32 Å². The van der Waals surface area contributed by atoms with Crippen molar-refractivity contribution in [3.8, 4) is 0 Å². The van der Waals surface area contributed by atoms with E-state index < -0.39 is 9.84 Å². The second-order valence-corrected chi connectivity index (χ2v) is 7.76. The molecule has 1 heterocycles. The van der Waals surface area contributed by atoms with Crippen LogP contribution >= 0.6 is 11.3 Å². The summed E-state index contributed by atoms with van der Waals surface area (Å²) in [5.74, 6) is 0.121. The molecule has 2 rings (SSSR count). The van der Waals surface area contributed by atoms with Gasteiger partial charge in [-0.15, -0.1) is 11.3 Å². The third-order valence-electron chi connectivity index (χ3n) is 3.15. The van der Waals surface area contributed by atoms with Crippen molar-refractivity contribution in [3.05, 3.63) is 40.3 Å². The molecule has 4 nitrogen and oxygen atoms in total. The van der Waals surface area contributed by atoms with Crippen LogP contribution in [0.15, 0.2) is 34.7 Å². The molecule has 108 valence electrons. The maximum absolute atomic E-state index is 11.7. The number of sulfone groups is 1. The summed E-state index contributed by atoms with van der Waals surface area (Å²) in [5, 5.41) is 3.36. The highest BCUT2D eigenvalue weighted by Gasteiger charge is 2.13. The van der Waals surface area contributed by atoms with E-state index in [0.717, 1.165) is 11.4 Å². The van der Waals surface area contributed by atoms with Gasteiger partial charge in [-0.2, -0.15) is 0 Å². The molecule has 0 amide bonds. The van der Waals surface area contributed by atoms with Gasteiger partial charge in [-0.05, 0) is 38.1 Å². The van der Waals surface area contributed by atoms with Gasteiger partial charge in [0.25, 0.3) is 0 Å². The number of anilines is 1. The first-order chi connectivity index (χ1) is 9.44. The fourth-order valence-corrected chi connectivity index (χ4v) is 3.66. The van der Waals surface area contributed by atoms with Crippen molar-refractivity contribution in [2.24, 2.45) is 0 Å². The van der Waals surface area contributed by atoms with E-state index in [0.29, 0.717) is 4.90 Å². The number of nitrogens with one attached hydrogen (secondary N) is 1. The minimum atomic E-state index is -3.13. The maximum Gasteiger partial charge on any atom is 0.178 e. The molecule has 0 aliphatic heterocycles. The second-order valence-electron chi connectivity index (χ2n) is 4.60. The highest BCUT2D eigenvalue weighted by Crippen LogP contribution is 2.25. The molecule has 0 fully saturated rings. The number of nitrogens with zero attached hydrogens (tertiary/aromatic N) is 1. The van der Waals surface area contributed by atoms with Crippen molar-refractivity contribution < 1.29 is 8.42 Å². The normalized spacial score (nSPS) is 13.2. The van der Waals surface area contributed by atoms with Gasteiger partial charge in [0.15, 0.2) is 9.84 Å². The lowest BCUT2D eigenvalue weighted by molar-refractivity contribution is 0.597. The average molecular weight is 310 g/mol. The summed E-state index contributed by atoms with van der Waals surface area (Å²) in [6.07, 6.45) is 0. The molecule has 1 N–H and O–H groups in total.